The lowest BCUT2D eigenvalue weighted by Gasteiger charge is -2.16. The average molecular weight is 415 g/mol. The fraction of sp³-hybridized carbons (Fsp3) is 0.143. The van der Waals surface area contributed by atoms with Crippen molar-refractivity contribution in [3.05, 3.63) is 85.5 Å². The van der Waals surface area contributed by atoms with E-state index in [1.807, 2.05) is 42.6 Å². The largest absolute Gasteiger partial charge is 0.325 e. The second-order valence-electron chi connectivity index (χ2n) is 6.11. The van der Waals surface area contributed by atoms with E-state index in [1.54, 1.807) is 29.5 Å². The second kappa shape index (κ2) is 8.58. The van der Waals surface area contributed by atoms with Crippen LogP contribution in [0.15, 0.2) is 53.9 Å². The average Bonchev–Trinajstić information content (AvgIpc) is 3.14. The highest BCUT2D eigenvalue weighted by molar-refractivity contribution is 7.10. The van der Waals surface area contributed by atoms with Crippen molar-refractivity contribution in [2.45, 2.75) is 19.3 Å². The van der Waals surface area contributed by atoms with Crippen molar-refractivity contribution in [3.63, 3.8) is 0 Å². The number of aryl methyl sites for hydroxylation is 1. The predicted octanol–water partition coefficient (Wildman–Crippen LogP) is 6.20. The van der Waals surface area contributed by atoms with Gasteiger partial charge in [0.1, 0.15) is 0 Å². The number of hydrogen-bond donors (Lipinski definition) is 1. The monoisotopic (exact) mass is 414 g/mol. The molecule has 3 nitrogen and oxygen atoms in total. The molecule has 0 radical (unpaired) electrons. The molecule has 0 saturated heterocycles. The van der Waals surface area contributed by atoms with Gasteiger partial charge in [-0.15, -0.1) is 11.3 Å². The molecule has 1 N–H and O–H groups in total. The maximum atomic E-state index is 12.3. The van der Waals surface area contributed by atoms with Gasteiger partial charge in [0, 0.05) is 20.6 Å². The number of thiophene rings is 1. The third-order valence-corrected chi connectivity index (χ3v) is 5.63. The Balaban J connectivity index is 1.84. The number of hydrogen-bond acceptors (Lipinski definition) is 3. The van der Waals surface area contributed by atoms with Gasteiger partial charge >= 0.3 is 0 Å². The number of nitriles is 1. The molecule has 3 aromatic rings. The van der Waals surface area contributed by atoms with Crippen LogP contribution in [0.3, 0.4) is 0 Å². The Morgan fingerprint density at radius 3 is 2.59 bits per heavy atom. The van der Waals surface area contributed by atoms with Crippen LogP contribution in [-0.4, -0.2) is 5.91 Å². The zero-order chi connectivity index (χ0) is 19.4. The molecular weight excluding hydrogens is 399 g/mol. The van der Waals surface area contributed by atoms with Crippen molar-refractivity contribution in [2.24, 2.45) is 0 Å². The highest BCUT2D eigenvalue weighted by Crippen LogP contribution is 2.34. The van der Waals surface area contributed by atoms with Gasteiger partial charge in [-0.05, 0) is 53.3 Å². The summed E-state index contributed by atoms with van der Waals surface area (Å²) in [6, 6.07) is 16.8. The summed E-state index contributed by atoms with van der Waals surface area (Å²) >= 11 is 13.9. The summed E-state index contributed by atoms with van der Waals surface area (Å²) < 4.78 is 0. The molecule has 6 heteroatoms. The predicted molar refractivity (Wildman–Crippen MR) is 112 cm³/mol. The minimum Gasteiger partial charge on any atom is -0.325 e. The number of anilines is 1. The van der Waals surface area contributed by atoms with Gasteiger partial charge in [0.2, 0.25) is 5.91 Å². The van der Waals surface area contributed by atoms with Crippen LogP contribution in [0.5, 0.6) is 0 Å². The van der Waals surface area contributed by atoms with Gasteiger partial charge in [-0.3, -0.25) is 4.79 Å². The lowest BCUT2D eigenvalue weighted by atomic mass is 9.91. The number of nitrogens with one attached hydrogen (secondary N) is 1. The van der Waals surface area contributed by atoms with Crippen LogP contribution in [0, 0.1) is 18.3 Å². The Morgan fingerprint density at radius 1 is 1.22 bits per heavy atom. The summed E-state index contributed by atoms with van der Waals surface area (Å²) in [7, 11) is 0. The fourth-order valence-electron chi connectivity index (χ4n) is 2.80. The molecular formula is C21H16Cl2N2OS. The molecule has 3 rings (SSSR count). The number of amides is 1. The minimum absolute atomic E-state index is 0.0982. The lowest BCUT2D eigenvalue weighted by Crippen LogP contribution is -2.15. The van der Waals surface area contributed by atoms with Gasteiger partial charge in [-0.1, -0.05) is 47.5 Å². The van der Waals surface area contributed by atoms with Gasteiger partial charge in [-0.25, -0.2) is 0 Å². The molecule has 136 valence electrons. The Bertz CT molecular complexity index is 992. The van der Waals surface area contributed by atoms with Crippen molar-refractivity contribution < 1.29 is 4.79 Å². The van der Waals surface area contributed by atoms with E-state index in [4.69, 9.17) is 23.2 Å². The summed E-state index contributed by atoms with van der Waals surface area (Å²) in [5.74, 6) is -0.608. The number of rotatable bonds is 5. The lowest BCUT2D eigenvalue weighted by molar-refractivity contribution is -0.115. The van der Waals surface area contributed by atoms with E-state index in [-0.39, 0.29) is 5.91 Å². The molecule has 0 aliphatic heterocycles. The number of benzene rings is 2. The summed E-state index contributed by atoms with van der Waals surface area (Å²) in [5, 5.41) is 15.6. The summed E-state index contributed by atoms with van der Waals surface area (Å²) in [6.07, 6.45) is 0.322. The molecule has 1 amide bonds. The third kappa shape index (κ3) is 4.70. The number of carbonyl (C=O) groups excluding carboxylic acids is 1. The number of carbonyl (C=O) groups is 1. The van der Waals surface area contributed by atoms with Gasteiger partial charge in [-0.2, -0.15) is 5.26 Å². The van der Waals surface area contributed by atoms with Gasteiger partial charge < -0.3 is 5.32 Å². The van der Waals surface area contributed by atoms with E-state index >= 15 is 0 Å². The Hall–Kier alpha value is -2.32. The normalized spacial score (nSPS) is 11.6. The standard InChI is InChI=1S/C21H16Cl2N2OS/c1-13-9-17(18(12-24)14-4-6-15(22)7-5-14)19(23)11-20(13)25-21(26)10-16-3-2-8-27-16/h2-9,11,18H,10H2,1H3,(H,25,26)/t18-/m1/s1. The van der Waals surface area contributed by atoms with E-state index in [2.05, 4.69) is 11.4 Å². The summed E-state index contributed by atoms with van der Waals surface area (Å²) in [4.78, 5) is 13.3. The maximum absolute atomic E-state index is 12.3. The molecule has 0 bridgehead atoms. The molecule has 0 spiro atoms. The topological polar surface area (TPSA) is 52.9 Å². The van der Waals surface area contributed by atoms with E-state index in [1.165, 1.54) is 0 Å². The Labute approximate surface area is 172 Å². The first kappa shape index (κ1) is 19.4. The van der Waals surface area contributed by atoms with Crippen molar-refractivity contribution in [1.82, 2.24) is 0 Å². The van der Waals surface area contributed by atoms with Crippen molar-refractivity contribution in [3.8, 4) is 6.07 Å². The smallest absolute Gasteiger partial charge is 0.229 e. The first-order valence-electron chi connectivity index (χ1n) is 8.25. The molecule has 27 heavy (non-hydrogen) atoms. The van der Waals surface area contributed by atoms with E-state index in [0.717, 1.165) is 16.0 Å². The molecule has 0 fully saturated rings. The first-order valence-corrected chi connectivity index (χ1v) is 9.89. The Morgan fingerprint density at radius 2 is 1.96 bits per heavy atom. The van der Waals surface area contributed by atoms with Gasteiger partial charge in [0.15, 0.2) is 0 Å². The maximum Gasteiger partial charge on any atom is 0.229 e. The third-order valence-electron chi connectivity index (χ3n) is 4.18. The second-order valence-corrected chi connectivity index (χ2v) is 7.98. The van der Waals surface area contributed by atoms with E-state index < -0.39 is 5.92 Å². The van der Waals surface area contributed by atoms with Crippen LogP contribution in [0.2, 0.25) is 10.0 Å². The highest BCUT2D eigenvalue weighted by Gasteiger charge is 2.19. The fourth-order valence-corrected chi connectivity index (χ4v) is 3.91. The van der Waals surface area contributed by atoms with Crippen molar-refractivity contribution in [1.29, 1.82) is 5.26 Å². The van der Waals surface area contributed by atoms with Crippen LogP contribution >= 0.6 is 34.5 Å². The van der Waals surface area contributed by atoms with Crippen LogP contribution in [0.4, 0.5) is 5.69 Å². The van der Waals surface area contributed by atoms with E-state index in [0.29, 0.717) is 27.7 Å². The van der Waals surface area contributed by atoms with Crippen LogP contribution in [0.25, 0.3) is 0 Å². The van der Waals surface area contributed by atoms with Gasteiger partial charge in [0.25, 0.3) is 0 Å². The van der Waals surface area contributed by atoms with E-state index in [9.17, 15) is 10.1 Å². The SMILES string of the molecule is Cc1cc([C@H](C#N)c2ccc(Cl)cc2)c(Cl)cc1NC(=O)Cc1cccs1. The summed E-state index contributed by atoms with van der Waals surface area (Å²) in [6.45, 7) is 1.89. The zero-order valence-electron chi connectivity index (χ0n) is 14.5. The minimum atomic E-state index is -0.510. The number of nitrogens with zero attached hydrogens (tertiary/aromatic N) is 1. The molecule has 1 heterocycles. The van der Waals surface area contributed by atoms with Crippen LogP contribution in [-0.2, 0) is 11.2 Å². The molecule has 0 saturated carbocycles. The highest BCUT2D eigenvalue weighted by atomic mass is 35.5. The molecule has 0 aliphatic rings. The molecule has 1 aromatic heterocycles. The van der Waals surface area contributed by atoms with Crippen LogP contribution in [0.1, 0.15) is 27.5 Å². The zero-order valence-corrected chi connectivity index (χ0v) is 16.8. The Kier molecular flexibility index (Phi) is 6.18. The summed E-state index contributed by atoms with van der Waals surface area (Å²) in [5.41, 5.74) is 3.02. The number of halogens is 2. The molecule has 1 atom stereocenters. The van der Waals surface area contributed by atoms with Crippen LogP contribution < -0.4 is 5.32 Å². The van der Waals surface area contributed by atoms with Crippen molar-refractivity contribution >= 4 is 46.1 Å². The molecule has 0 aliphatic carbocycles. The van der Waals surface area contributed by atoms with Gasteiger partial charge in [0.05, 0.1) is 18.4 Å². The quantitative estimate of drug-likeness (QED) is 0.539. The molecule has 2 aromatic carbocycles. The van der Waals surface area contributed by atoms with Crippen molar-refractivity contribution in [2.75, 3.05) is 5.32 Å². The molecule has 0 unspecified atom stereocenters. The first-order chi connectivity index (χ1) is 13.0.